The molecule has 3 rings (SSSR count). The predicted molar refractivity (Wildman–Crippen MR) is 85.8 cm³/mol. The molecule has 3 heterocycles. The summed E-state index contributed by atoms with van der Waals surface area (Å²) in [5, 5.41) is 0. The van der Waals surface area contributed by atoms with E-state index in [0.29, 0.717) is 6.04 Å². The van der Waals surface area contributed by atoms with Gasteiger partial charge in [-0.05, 0) is 50.0 Å². The molecule has 21 heavy (non-hydrogen) atoms. The third kappa shape index (κ3) is 3.22. The maximum Gasteiger partial charge on any atom is 0.128 e. The van der Waals surface area contributed by atoms with Crippen molar-refractivity contribution in [2.45, 2.75) is 39.2 Å². The van der Waals surface area contributed by atoms with Gasteiger partial charge in [-0.25, -0.2) is 4.98 Å². The molecule has 0 aliphatic carbocycles. The van der Waals surface area contributed by atoms with E-state index < -0.39 is 0 Å². The zero-order valence-corrected chi connectivity index (χ0v) is 13.3. The maximum atomic E-state index is 5.42. The number of ether oxygens (including phenoxy) is 1. The Kier molecular flexibility index (Phi) is 4.76. The van der Waals surface area contributed by atoms with Gasteiger partial charge in [0, 0.05) is 25.3 Å². The smallest absolute Gasteiger partial charge is 0.128 e. The van der Waals surface area contributed by atoms with Crippen LogP contribution in [0.4, 0.5) is 5.82 Å². The molecule has 2 saturated heterocycles. The van der Waals surface area contributed by atoms with Crippen LogP contribution in [0.1, 0.15) is 43.4 Å². The SMILES string of the molecule is CCN1CCCCC1c1cnc(N2CCOCC2)cc1C. The Morgan fingerprint density at radius 1 is 1.24 bits per heavy atom. The molecule has 4 nitrogen and oxygen atoms in total. The zero-order valence-electron chi connectivity index (χ0n) is 13.3. The molecular weight excluding hydrogens is 262 g/mol. The van der Waals surface area contributed by atoms with E-state index in [1.807, 2.05) is 0 Å². The van der Waals surface area contributed by atoms with Gasteiger partial charge in [0.05, 0.1) is 13.2 Å². The number of likely N-dealkylation sites (tertiary alicyclic amines) is 1. The van der Waals surface area contributed by atoms with E-state index in [4.69, 9.17) is 9.72 Å². The van der Waals surface area contributed by atoms with Gasteiger partial charge in [-0.15, -0.1) is 0 Å². The maximum absolute atomic E-state index is 5.42. The first-order valence-corrected chi connectivity index (χ1v) is 8.33. The van der Waals surface area contributed by atoms with Gasteiger partial charge >= 0.3 is 0 Å². The molecule has 0 amide bonds. The van der Waals surface area contributed by atoms with Crippen molar-refractivity contribution >= 4 is 5.82 Å². The van der Waals surface area contributed by atoms with Gasteiger partial charge in [-0.2, -0.15) is 0 Å². The second kappa shape index (κ2) is 6.75. The summed E-state index contributed by atoms with van der Waals surface area (Å²) in [5.74, 6) is 1.11. The summed E-state index contributed by atoms with van der Waals surface area (Å²) in [6.45, 7) is 10.4. The van der Waals surface area contributed by atoms with E-state index in [2.05, 4.69) is 35.9 Å². The standard InChI is InChI=1S/C17H27N3O/c1-3-19-7-5-4-6-16(19)15-13-18-17(12-14(15)2)20-8-10-21-11-9-20/h12-13,16H,3-11H2,1-2H3. The first-order valence-electron chi connectivity index (χ1n) is 8.33. The molecule has 2 aliphatic heterocycles. The lowest BCUT2D eigenvalue weighted by molar-refractivity contribution is 0.122. The minimum Gasteiger partial charge on any atom is -0.378 e. The Balaban J connectivity index is 1.80. The number of hydrogen-bond donors (Lipinski definition) is 0. The lowest BCUT2D eigenvalue weighted by Gasteiger charge is -2.36. The number of morpholine rings is 1. The normalized spacial score (nSPS) is 24.3. The van der Waals surface area contributed by atoms with Gasteiger partial charge in [0.25, 0.3) is 0 Å². The van der Waals surface area contributed by atoms with Crippen molar-refractivity contribution in [3.05, 3.63) is 23.4 Å². The molecule has 1 atom stereocenters. The van der Waals surface area contributed by atoms with Crippen LogP contribution in [0.25, 0.3) is 0 Å². The highest BCUT2D eigenvalue weighted by atomic mass is 16.5. The summed E-state index contributed by atoms with van der Waals surface area (Å²) in [6.07, 6.45) is 6.07. The van der Waals surface area contributed by atoms with Crippen molar-refractivity contribution in [1.29, 1.82) is 0 Å². The number of aromatic nitrogens is 1. The van der Waals surface area contributed by atoms with Crippen LogP contribution in [-0.2, 0) is 4.74 Å². The van der Waals surface area contributed by atoms with Crippen LogP contribution in [0.15, 0.2) is 12.3 Å². The van der Waals surface area contributed by atoms with Gasteiger partial charge in [0.2, 0.25) is 0 Å². The number of pyridine rings is 1. The first kappa shape index (κ1) is 14.8. The number of anilines is 1. The van der Waals surface area contributed by atoms with E-state index in [-0.39, 0.29) is 0 Å². The number of hydrogen-bond acceptors (Lipinski definition) is 4. The molecule has 4 heteroatoms. The Hall–Kier alpha value is -1.13. The highest BCUT2D eigenvalue weighted by Gasteiger charge is 2.24. The highest BCUT2D eigenvalue weighted by Crippen LogP contribution is 2.33. The molecule has 2 aliphatic rings. The number of nitrogens with zero attached hydrogens (tertiary/aromatic N) is 3. The Labute approximate surface area is 128 Å². The lowest BCUT2D eigenvalue weighted by Crippen LogP contribution is -2.37. The highest BCUT2D eigenvalue weighted by molar-refractivity contribution is 5.44. The molecule has 0 aromatic carbocycles. The van der Waals surface area contributed by atoms with Gasteiger partial charge in [0.15, 0.2) is 0 Å². The number of aryl methyl sites for hydroxylation is 1. The van der Waals surface area contributed by atoms with E-state index in [1.54, 1.807) is 0 Å². The minimum absolute atomic E-state index is 0.565. The zero-order chi connectivity index (χ0) is 14.7. The second-order valence-electron chi connectivity index (χ2n) is 6.14. The third-order valence-corrected chi connectivity index (χ3v) is 4.85. The fraction of sp³-hybridized carbons (Fsp3) is 0.706. The average molecular weight is 289 g/mol. The third-order valence-electron chi connectivity index (χ3n) is 4.85. The van der Waals surface area contributed by atoms with E-state index in [9.17, 15) is 0 Å². The predicted octanol–water partition coefficient (Wildman–Crippen LogP) is 2.77. The van der Waals surface area contributed by atoms with Crippen LogP contribution in [0, 0.1) is 6.92 Å². The van der Waals surface area contributed by atoms with Crippen LogP contribution < -0.4 is 4.90 Å². The van der Waals surface area contributed by atoms with E-state index in [0.717, 1.165) is 38.7 Å². The van der Waals surface area contributed by atoms with Crippen molar-refractivity contribution in [3.63, 3.8) is 0 Å². The molecular formula is C17H27N3O. The van der Waals surface area contributed by atoms with Crippen molar-refractivity contribution in [2.24, 2.45) is 0 Å². The Morgan fingerprint density at radius 2 is 2.05 bits per heavy atom. The summed E-state index contributed by atoms with van der Waals surface area (Å²) in [4.78, 5) is 9.68. The molecule has 0 radical (unpaired) electrons. The van der Waals surface area contributed by atoms with Crippen molar-refractivity contribution < 1.29 is 4.74 Å². The molecule has 0 saturated carbocycles. The fourth-order valence-corrected chi connectivity index (χ4v) is 3.59. The quantitative estimate of drug-likeness (QED) is 0.855. The molecule has 116 valence electrons. The molecule has 0 spiro atoms. The average Bonchev–Trinajstić information content (AvgIpc) is 2.55. The van der Waals surface area contributed by atoms with Crippen LogP contribution >= 0.6 is 0 Å². The molecule has 2 fully saturated rings. The second-order valence-corrected chi connectivity index (χ2v) is 6.14. The monoisotopic (exact) mass is 289 g/mol. The summed E-state index contributed by atoms with van der Waals surface area (Å²) >= 11 is 0. The topological polar surface area (TPSA) is 28.6 Å². The van der Waals surface area contributed by atoms with Crippen LogP contribution in [0.3, 0.4) is 0 Å². The summed E-state index contributed by atoms with van der Waals surface area (Å²) in [5.41, 5.74) is 2.81. The van der Waals surface area contributed by atoms with Gasteiger partial charge < -0.3 is 9.64 Å². The van der Waals surface area contributed by atoms with Gasteiger partial charge in [-0.1, -0.05) is 13.3 Å². The van der Waals surface area contributed by atoms with E-state index in [1.165, 1.54) is 36.9 Å². The molecule has 0 bridgehead atoms. The summed E-state index contributed by atoms with van der Waals surface area (Å²) < 4.78 is 5.42. The van der Waals surface area contributed by atoms with Crippen LogP contribution in [0.2, 0.25) is 0 Å². The minimum atomic E-state index is 0.565. The fourth-order valence-electron chi connectivity index (χ4n) is 3.59. The lowest BCUT2D eigenvalue weighted by atomic mass is 9.93. The summed E-state index contributed by atoms with van der Waals surface area (Å²) in [7, 11) is 0. The van der Waals surface area contributed by atoms with E-state index >= 15 is 0 Å². The summed E-state index contributed by atoms with van der Waals surface area (Å²) in [6, 6.07) is 2.83. The number of rotatable bonds is 3. The van der Waals surface area contributed by atoms with Crippen molar-refractivity contribution in [3.8, 4) is 0 Å². The van der Waals surface area contributed by atoms with Crippen LogP contribution in [0.5, 0.6) is 0 Å². The van der Waals surface area contributed by atoms with Crippen molar-refractivity contribution in [2.75, 3.05) is 44.3 Å². The van der Waals surface area contributed by atoms with Crippen LogP contribution in [-0.4, -0.2) is 49.3 Å². The molecule has 1 aromatic rings. The molecule has 1 aromatic heterocycles. The molecule has 0 N–H and O–H groups in total. The molecule has 1 unspecified atom stereocenters. The Bertz CT molecular complexity index is 471. The number of piperidine rings is 1. The Morgan fingerprint density at radius 3 is 2.76 bits per heavy atom. The van der Waals surface area contributed by atoms with Gasteiger partial charge in [0.1, 0.15) is 5.82 Å². The van der Waals surface area contributed by atoms with Gasteiger partial charge in [-0.3, -0.25) is 4.90 Å². The van der Waals surface area contributed by atoms with Crippen molar-refractivity contribution in [1.82, 2.24) is 9.88 Å². The largest absolute Gasteiger partial charge is 0.378 e. The first-order chi connectivity index (χ1) is 10.3.